The molecule has 0 spiro atoms. The number of carbonyl (C=O) groups is 1. The minimum absolute atomic E-state index is 0.00562. The quantitative estimate of drug-likeness (QED) is 0.719. The summed E-state index contributed by atoms with van der Waals surface area (Å²) in [6, 6.07) is 4.70. The second kappa shape index (κ2) is 8.47. The van der Waals surface area contributed by atoms with E-state index in [2.05, 4.69) is 24.5 Å². The molecule has 1 heterocycles. The molecule has 1 aromatic rings. The summed E-state index contributed by atoms with van der Waals surface area (Å²) in [7, 11) is -1.86. The van der Waals surface area contributed by atoms with Crippen LogP contribution in [0.1, 0.15) is 33.1 Å². The van der Waals surface area contributed by atoms with Crippen LogP contribution in [0.4, 0.5) is 4.39 Å². The number of nitrogens with one attached hydrogen (secondary N) is 2. The molecule has 2 fully saturated rings. The second-order valence-electron chi connectivity index (χ2n) is 8.36. The number of hydrogen-bond acceptors (Lipinski definition) is 4. The summed E-state index contributed by atoms with van der Waals surface area (Å²) < 4.78 is 40.4. The number of sulfonamides is 1. The zero-order chi connectivity index (χ0) is 20.5. The molecule has 4 atom stereocenters. The number of nitrogens with zero attached hydrogens (tertiary/aromatic N) is 1. The molecule has 8 heteroatoms. The van der Waals surface area contributed by atoms with Crippen LogP contribution in [0, 0.1) is 23.6 Å². The third-order valence-electron chi connectivity index (χ3n) is 5.97. The fourth-order valence-electron chi connectivity index (χ4n) is 4.47. The molecule has 1 saturated heterocycles. The molecule has 0 bridgehead atoms. The van der Waals surface area contributed by atoms with Crippen LogP contribution in [0.15, 0.2) is 29.2 Å². The molecule has 0 unspecified atom stereocenters. The van der Waals surface area contributed by atoms with Gasteiger partial charge in [0, 0.05) is 19.1 Å². The highest BCUT2D eigenvalue weighted by molar-refractivity contribution is 7.89. The van der Waals surface area contributed by atoms with Crippen molar-refractivity contribution in [1.82, 2.24) is 14.9 Å². The Labute approximate surface area is 166 Å². The lowest BCUT2D eigenvalue weighted by molar-refractivity contribution is -0.124. The number of carbonyl (C=O) groups excluding carboxylic acids is 1. The van der Waals surface area contributed by atoms with Crippen LogP contribution in [0.25, 0.3) is 0 Å². The first-order valence-electron chi connectivity index (χ1n) is 9.95. The summed E-state index contributed by atoms with van der Waals surface area (Å²) in [5.41, 5.74) is 0. The van der Waals surface area contributed by atoms with E-state index in [0.29, 0.717) is 19.0 Å². The first-order valence-corrected chi connectivity index (χ1v) is 11.4. The minimum Gasteiger partial charge on any atom is -0.352 e. The van der Waals surface area contributed by atoms with E-state index in [4.69, 9.17) is 0 Å². The summed E-state index contributed by atoms with van der Waals surface area (Å²) >= 11 is 0. The zero-order valence-corrected chi connectivity index (χ0v) is 17.5. The van der Waals surface area contributed by atoms with Gasteiger partial charge in [-0.25, -0.2) is 12.8 Å². The number of benzene rings is 1. The summed E-state index contributed by atoms with van der Waals surface area (Å²) in [5.74, 6) is 0.305. The largest absolute Gasteiger partial charge is 0.352 e. The first-order chi connectivity index (χ1) is 13.2. The number of hydrogen-bond donors (Lipinski definition) is 2. The molecule has 3 rings (SSSR count). The summed E-state index contributed by atoms with van der Waals surface area (Å²) in [4.78, 5) is 12.8. The third kappa shape index (κ3) is 4.39. The van der Waals surface area contributed by atoms with Crippen LogP contribution < -0.4 is 10.6 Å². The fourth-order valence-corrected chi connectivity index (χ4v) is 6.00. The number of fused-ring (bicyclic) bond motifs is 1. The van der Waals surface area contributed by atoms with E-state index in [9.17, 15) is 17.6 Å². The molecule has 0 radical (unpaired) electrons. The average Bonchev–Trinajstić information content (AvgIpc) is 3.22. The van der Waals surface area contributed by atoms with Crippen molar-refractivity contribution in [3.8, 4) is 0 Å². The molecule has 0 aromatic heterocycles. The molecule has 1 aliphatic heterocycles. The minimum atomic E-state index is -3.64. The first kappa shape index (κ1) is 21.2. The van der Waals surface area contributed by atoms with Crippen molar-refractivity contribution >= 4 is 15.9 Å². The van der Waals surface area contributed by atoms with Gasteiger partial charge in [-0.3, -0.25) is 4.79 Å². The molecular formula is C20H30FN3O3S. The van der Waals surface area contributed by atoms with Gasteiger partial charge >= 0.3 is 0 Å². The standard InChI is InChI=1S/C20H30FN3O3S/c1-13(2)10-19(22-3)20(25)23-18-9-4-14-11-24(12-17(14)18)28(26,27)16-7-5-15(21)6-8-16/h5-8,13-14,17-19,22H,4,9-12H2,1-3H3,(H,23,25)/t14-,17+,18+,19+/m1/s1. The lowest BCUT2D eigenvalue weighted by Gasteiger charge is -2.25. The Balaban J connectivity index is 1.66. The van der Waals surface area contributed by atoms with Crippen molar-refractivity contribution in [1.29, 1.82) is 0 Å². The van der Waals surface area contributed by atoms with E-state index in [1.165, 1.54) is 28.6 Å². The lowest BCUT2D eigenvalue weighted by Crippen LogP contribution is -2.49. The van der Waals surface area contributed by atoms with E-state index in [1.807, 2.05) is 0 Å². The van der Waals surface area contributed by atoms with Crippen LogP contribution in [0.3, 0.4) is 0 Å². The molecule has 6 nitrogen and oxygen atoms in total. The van der Waals surface area contributed by atoms with Gasteiger partial charge in [0.25, 0.3) is 0 Å². The molecule has 28 heavy (non-hydrogen) atoms. The zero-order valence-electron chi connectivity index (χ0n) is 16.7. The fraction of sp³-hybridized carbons (Fsp3) is 0.650. The Bertz CT molecular complexity index is 797. The number of likely N-dealkylation sites (N-methyl/N-ethyl adjacent to an activating group) is 1. The van der Waals surface area contributed by atoms with Crippen LogP contribution >= 0.6 is 0 Å². The second-order valence-corrected chi connectivity index (χ2v) is 10.3. The Morgan fingerprint density at radius 3 is 2.50 bits per heavy atom. The normalized spacial score (nSPS) is 26.4. The molecule has 2 N–H and O–H groups in total. The van der Waals surface area contributed by atoms with Gasteiger partial charge < -0.3 is 10.6 Å². The number of rotatable bonds is 7. The van der Waals surface area contributed by atoms with E-state index in [1.54, 1.807) is 7.05 Å². The van der Waals surface area contributed by atoms with Gasteiger partial charge in [0.05, 0.1) is 10.9 Å². The van der Waals surface area contributed by atoms with Gasteiger partial charge in [-0.1, -0.05) is 13.8 Å². The smallest absolute Gasteiger partial charge is 0.243 e. The Morgan fingerprint density at radius 2 is 1.89 bits per heavy atom. The summed E-state index contributed by atoms with van der Waals surface area (Å²) in [5, 5.41) is 6.23. The topological polar surface area (TPSA) is 78.5 Å². The maximum Gasteiger partial charge on any atom is 0.243 e. The molecule has 1 aliphatic carbocycles. The van der Waals surface area contributed by atoms with E-state index in [-0.39, 0.29) is 34.7 Å². The SMILES string of the molecule is CN[C@@H](CC(C)C)C(=O)N[C@H]1CC[C@@H]2CN(S(=O)(=O)c3ccc(F)cc3)C[C@@H]21. The average molecular weight is 412 g/mol. The predicted molar refractivity (Wildman–Crippen MR) is 106 cm³/mol. The molecule has 1 aromatic carbocycles. The van der Waals surface area contributed by atoms with Gasteiger partial charge in [0.15, 0.2) is 0 Å². The van der Waals surface area contributed by atoms with Crippen LogP contribution in [-0.2, 0) is 14.8 Å². The van der Waals surface area contributed by atoms with Gasteiger partial charge in [-0.15, -0.1) is 0 Å². The number of amides is 1. The Hall–Kier alpha value is -1.51. The predicted octanol–water partition coefficient (Wildman–Crippen LogP) is 1.98. The summed E-state index contributed by atoms with van der Waals surface area (Å²) in [6.45, 7) is 5.01. The van der Waals surface area contributed by atoms with Crippen LogP contribution in [0.2, 0.25) is 0 Å². The van der Waals surface area contributed by atoms with E-state index < -0.39 is 15.8 Å². The van der Waals surface area contributed by atoms with Crippen molar-refractivity contribution in [2.24, 2.45) is 17.8 Å². The summed E-state index contributed by atoms with van der Waals surface area (Å²) in [6.07, 6.45) is 2.54. The molecule has 156 valence electrons. The highest BCUT2D eigenvalue weighted by Crippen LogP contribution is 2.40. The highest BCUT2D eigenvalue weighted by Gasteiger charge is 2.47. The Morgan fingerprint density at radius 1 is 1.21 bits per heavy atom. The van der Waals surface area contributed by atoms with Crippen molar-refractivity contribution in [2.75, 3.05) is 20.1 Å². The van der Waals surface area contributed by atoms with Crippen molar-refractivity contribution in [2.45, 2.75) is 50.1 Å². The van der Waals surface area contributed by atoms with Crippen LogP contribution in [-0.4, -0.2) is 50.9 Å². The third-order valence-corrected chi connectivity index (χ3v) is 7.82. The molecule has 1 amide bonds. The maximum atomic E-state index is 13.1. The molecular weight excluding hydrogens is 381 g/mol. The number of halogens is 1. The molecule has 2 aliphatic rings. The maximum absolute atomic E-state index is 13.1. The lowest BCUT2D eigenvalue weighted by atomic mass is 9.97. The van der Waals surface area contributed by atoms with E-state index in [0.717, 1.165) is 19.3 Å². The van der Waals surface area contributed by atoms with E-state index >= 15 is 0 Å². The van der Waals surface area contributed by atoms with Gasteiger partial charge in [0.1, 0.15) is 5.82 Å². The highest BCUT2D eigenvalue weighted by atomic mass is 32.2. The molecule has 1 saturated carbocycles. The monoisotopic (exact) mass is 411 g/mol. The van der Waals surface area contributed by atoms with Crippen LogP contribution in [0.5, 0.6) is 0 Å². The van der Waals surface area contributed by atoms with Gasteiger partial charge in [-0.05, 0) is 68.3 Å². The van der Waals surface area contributed by atoms with Gasteiger partial charge in [-0.2, -0.15) is 4.31 Å². The van der Waals surface area contributed by atoms with Crippen molar-refractivity contribution in [3.63, 3.8) is 0 Å². The Kier molecular flexibility index (Phi) is 6.41. The van der Waals surface area contributed by atoms with Crippen molar-refractivity contribution < 1.29 is 17.6 Å². The van der Waals surface area contributed by atoms with Gasteiger partial charge in [0.2, 0.25) is 15.9 Å². The van der Waals surface area contributed by atoms with Crippen molar-refractivity contribution in [3.05, 3.63) is 30.1 Å².